The van der Waals surface area contributed by atoms with E-state index in [2.05, 4.69) is 9.88 Å². The summed E-state index contributed by atoms with van der Waals surface area (Å²) in [5, 5.41) is 12.7. The highest BCUT2D eigenvalue weighted by molar-refractivity contribution is 7.17. The molecule has 0 bridgehead atoms. The highest BCUT2D eigenvalue weighted by Gasteiger charge is 2.11. The Kier molecular flexibility index (Phi) is 5.01. The van der Waals surface area contributed by atoms with Crippen LogP contribution in [0.5, 0.6) is 5.75 Å². The number of pyridine rings is 1. The molecule has 1 aliphatic rings. The molecule has 0 radical (unpaired) electrons. The molecule has 0 spiro atoms. The third kappa shape index (κ3) is 3.89. The lowest BCUT2D eigenvalue weighted by Gasteiger charge is -2.26. The van der Waals surface area contributed by atoms with E-state index in [0.717, 1.165) is 59.8 Å². The zero-order valence-electron chi connectivity index (χ0n) is 15.9. The van der Waals surface area contributed by atoms with Crippen molar-refractivity contribution in [2.24, 2.45) is 0 Å². The predicted octanol–water partition coefficient (Wildman–Crippen LogP) is 3.90. The van der Waals surface area contributed by atoms with Crippen molar-refractivity contribution in [3.63, 3.8) is 0 Å². The van der Waals surface area contributed by atoms with E-state index in [1.54, 1.807) is 17.4 Å². The first-order chi connectivity index (χ1) is 14.3. The number of nitrogens with one attached hydrogen (secondary N) is 1. The molecule has 0 amide bonds. The Labute approximate surface area is 171 Å². The first kappa shape index (κ1) is 18.3. The monoisotopic (exact) mass is 407 g/mol. The van der Waals surface area contributed by atoms with E-state index in [0.29, 0.717) is 23.3 Å². The zero-order valence-corrected chi connectivity index (χ0v) is 16.7. The second kappa shape index (κ2) is 7.94. The molecule has 0 unspecified atom stereocenters. The van der Waals surface area contributed by atoms with Crippen molar-refractivity contribution in [1.29, 1.82) is 5.41 Å². The Morgan fingerprint density at radius 1 is 1.14 bits per heavy atom. The van der Waals surface area contributed by atoms with E-state index in [1.807, 2.05) is 41.9 Å². The molecule has 148 valence electrons. The SMILES string of the molecule is N=c1cc(-c2cc3sccc3cn2)oc2ccc(OCCN3CCOCC3)cc12. The summed E-state index contributed by atoms with van der Waals surface area (Å²) < 4.78 is 18.5. The predicted molar refractivity (Wildman–Crippen MR) is 113 cm³/mol. The summed E-state index contributed by atoms with van der Waals surface area (Å²) in [6, 6.07) is 11.4. The van der Waals surface area contributed by atoms with Crippen LogP contribution in [0.25, 0.3) is 32.5 Å². The van der Waals surface area contributed by atoms with Crippen LogP contribution in [0.3, 0.4) is 0 Å². The second-order valence-corrected chi connectivity index (χ2v) is 7.96. The molecule has 4 aromatic rings. The van der Waals surface area contributed by atoms with Crippen molar-refractivity contribution in [1.82, 2.24) is 9.88 Å². The summed E-state index contributed by atoms with van der Waals surface area (Å²) in [6.07, 6.45) is 1.84. The van der Waals surface area contributed by atoms with Gasteiger partial charge in [-0.25, -0.2) is 0 Å². The van der Waals surface area contributed by atoms with Gasteiger partial charge in [0.25, 0.3) is 0 Å². The molecule has 29 heavy (non-hydrogen) atoms. The molecule has 0 atom stereocenters. The van der Waals surface area contributed by atoms with Gasteiger partial charge in [0.1, 0.15) is 23.6 Å². The standard InChI is InChI=1S/C22H21N3O3S/c23-18-12-21(19-13-22-15(14-24-19)3-10-29-22)28-20-2-1-16(11-17(18)20)27-9-6-25-4-7-26-8-5-25/h1-3,10-14,23H,4-9H2. The molecule has 1 saturated heterocycles. The van der Waals surface area contributed by atoms with Gasteiger partial charge in [-0.2, -0.15) is 0 Å². The molecular formula is C22H21N3O3S. The molecule has 3 aromatic heterocycles. The number of ether oxygens (including phenoxy) is 2. The normalized spacial score (nSPS) is 15.2. The summed E-state index contributed by atoms with van der Waals surface area (Å²) in [5.74, 6) is 1.35. The number of fused-ring (bicyclic) bond motifs is 2. The average Bonchev–Trinajstić information content (AvgIpc) is 3.23. The number of morpholine rings is 1. The Balaban J connectivity index is 1.36. The highest BCUT2D eigenvalue weighted by atomic mass is 32.1. The lowest BCUT2D eigenvalue weighted by Crippen LogP contribution is -2.38. The summed E-state index contributed by atoms with van der Waals surface area (Å²) >= 11 is 1.67. The van der Waals surface area contributed by atoms with E-state index < -0.39 is 0 Å². The zero-order chi connectivity index (χ0) is 19.6. The largest absolute Gasteiger partial charge is 0.492 e. The van der Waals surface area contributed by atoms with Gasteiger partial charge in [-0.05, 0) is 35.7 Å². The van der Waals surface area contributed by atoms with Gasteiger partial charge in [0.2, 0.25) is 0 Å². The minimum absolute atomic E-state index is 0.396. The molecule has 7 heteroatoms. The second-order valence-electron chi connectivity index (χ2n) is 7.01. The summed E-state index contributed by atoms with van der Waals surface area (Å²) in [7, 11) is 0. The summed E-state index contributed by atoms with van der Waals surface area (Å²) in [4.78, 5) is 6.82. The number of benzene rings is 1. The molecule has 1 N–H and O–H groups in total. The van der Waals surface area contributed by atoms with Gasteiger partial charge in [0.05, 0.1) is 18.6 Å². The molecule has 0 saturated carbocycles. The quantitative estimate of drug-likeness (QED) is 0.543. The van der Waals surface area contributed by atoms with Crippen molar-refractivity contribution in [3.05, 3.63) is 53.3 Å². The van der Waals surface area contributed by atoms with Crippen LogP contribution in [0.15, 0.2) is 52.4 Å². The number of aromatic nitrogens is 1. The fraction of sp³-hybridized carbons (Fsp3) is 0.273. The van der Waals surface area contributed by atoms with E-state index in [9.17, 15) is 0 Å². The van der Waals surface area contributed by atoms with Crippen LogP contribution >= 0.6 is 11.3 Å². The van der Waals surface area contributed by atoms with Gasteiger partial charge in [0, 0.05) is 47.4 Å². The number of hydrogen-bond acceptors (Lipinski definition) is 7. The van der Waals surface area contributed by atoms with Crippen LogP contribution in [0, 0.1) is 5.41 Å². The molecule has 4 heterocycles. The minimum Gasteiger partial charge on any atom is -0.492 e. The van der Waals surface area contributed by atoms with Crippen LogP contribution in [-0.4, -0.2) is 49.3 Å². The van der Waals surface area contributed by atoms with Crippen molar-refractivity contribution in [2.45, 2.75) is 0 Å². The molecule has 5 rings (SSSR count). The van der Waals surface area contributed by atoms with Gasteiger partial charge in [-0.3, -0.25) is 15.3 Å². The molecular weight excluding hydrogens is 386 g/mol. The number of rotatable bonds is 5. The Morgan fingerprint density at radius 2 is 2.03 bits per heavy atom. The van der Waals surface area contributed by atoms with Crippen molar-refractivity contribution < 1.29 is 13.9 Å². The lowest BCUT2D eigenvalue weighted by molar-refractivity contribution is 0.0322. The molecule has 6 nitrogen and oxygen atoms in total. The maximum atomic E-state index is 8.46. The van der Waals surface area contributed by atoms with Crippen LogP contribution < -0.4 is 10.1 Å². The van der Waals surface area contributed by atoms with Crippen molar-refractivity contribution in [2.75, 3.05) is 39.5 Å². The minimum atomic E-state index is 0.396. The maximum absolute atomic E-state index is 8.46. The first-order valence-electron chi connectivity index (χ1n) is 9.65. The Bertz CT molecular complexity index is 1210. The number of thiophene rings is 1. The molecule has 1 fully saturated rings. The van der Waals surface area contributed by atoms with Crippen LogP contribution in [-0.2, 0) is 4.74 Å². The topological polar surface area (TPSA) is 71.6 Å². The third-order valence-electron chi connectivity index (χ3n) is 5.11. The molecule has 1 aromatic carbocycles. The highest BCUT2D eigenvalue weighted by Crippen LogP contribution is 2.27. The number of hydrogen-bond donors (Lipinski definition) is 1. The molecule has 1 aliphatic heterocycles. The summed E-state index contributed by atoms with van der Waals surface area (Å²) in [6.45, 7) is 4.95. The first-order valence-corrected chi connectivity index (χ1v) is 10.5. The van der Waals surface area contributed by atoms with Crippen molar-refractivity contribution in [3.8, 4) is 17.2 Å². The van der Waals surface area contributed by atoms with E-state index in [-0.39, 0.29) is 0 Å². The van der Waals surface area contributed by atoms with Crippen LogP contribution in [0.2, 0.25) is 0 Å². The van der Waals surface area contributed by atoms with Gasteiger partial charge in [-0.15, -0.1) is 11.3 Å². The Morgan fingerprint density at radius 3 is 2.93 bits per heavy atom. The smallest absolute Gasteiger partial charge is 0.155 e. The molecule has 0 aliphatic carbocycles. The number of nitrogens with zero attached hydrogens (tertiary/aromatic N) is 2. The fourth-order valence-corrected chi connectivity index (χ4v) is 4.29. The Hall–Kier alpha value is -2.74. The van der Waals surface area contributed by atoms with Gasteiger partial charge in [-0.1, -0.05) is 0 Å². The van der Waals surface area contributed by atoms with E-state index in [1.165, 1.54) is 0 Å². The fourth-order valence-electron chi connectivity index (χ4n) is 3.49. The van der Waals surface area contributed by atoms with Gasteiger partial charge in [0.15, 0.2) is 5.76 Å². The van der Waals surface area contributed by atoms with E-state index in [4.69, 9.17) is 19.3 Å². The average molecular weight is 407 g/mol. The summed E-state index contributed by atoms with van der Waals surface area (Å²) in [5.41, 5.74) is 1.39. The van der Waals surface area contributed by atoms with Gasteiger partial charge >= 0.3 is 0 Å². The van der Waals surface area contributed by atoms with Crippen molar-refractivity contribution >= 4 is 32.4 Å². The van der Waals surface area contributed by atoms with Crippen LogP contribution in [0.1, 0.15) is 0 Å². The van der Waals surface area contributed by atoms with Gasteiger partial charge < -0.3 is 13.9 Å². The maximum Gasteiger partial charge on any atom is 0.155 e. The lowest BCUT2D eigenvalue weighted by atomic mass is 10.1. The van der Waals surface area contributed by atoms with E-state index >= 15 is 0 Å². The van der Waals surface area contributed by atoms with Crippen LogP contribution in [0.4, 0.5) is 0 Å². The third-order valence-corrected chi connectivity index (χ3v) is 5.99.